The molecule has 1 aliphatic rings. The Kier molecular flexibility index (Phi) is 5.87. The van der Waals surface area contributed by atoms with Crippen LogP contribution in [0.5, 0.6) is 0 Å². The van der Waals surface area contributed by atoms with Crippen molar-refractivity contribution in [2.45, 2.75) is 6.92 Å². The Hall–Kier alpha value is -3.81. The number of nitrogens with zero attached hydrogens (tertiary/aromatic N) is 4. The Morgan fingerprint density at radius 1 is 0.889 bits per heavy atom. The standard InChI is InChI=1S/C29H27N5OS/c1-19-16-28(34-13-11-33(2)12-14-34)32-25-10-9-20(17-22(19)25)30-29(35)23-18-26(27-8-5-15-36-27)31-24-7-4-3-6-21(23)24/h3-10,15-18H,11-14H2,1-2H3,(H,30,35). The van der Waals surface area contributed by atoms with Gasteiger partial charge in [-0.1, -0.05) is 24.3 Å². The lowest BCUT2D eigenvalue weighted by Crippen LogP contribution is -2.44. The maximum atomic E-state index is 13.5. The van der Waals surface area contributed by atoms with Gasteiger partial charge in [-0.3, -0.25) is 4.79 Å². The summed E-state index contributed by atoms with van der Waals surface area (Å²) in [4.78, 5) is 28.9. The highest BCUT2D eigenvalue weighted by atomic mass is 32.1. The Bertz CT molecular complexity index is 1570. The average Bonchev–Trinajstić information content (AvgIpc) is 3.44. The summed E-state index contributed by atoms with van der Waals surface area (Å²) in [5.74, 6) is 0.875. The Balaban J connectivity index is 1.32. The van der Waals surface area contributed by atoms with E-state index in [2.05, 4.69) is 35.2 Å². The first-order valence-corrected chi connectivity index (χ1v) is 13.0. The van der Waals surface area contributed by atoms with Crippen molar-refractivity contribution in [2.24, 2.45) is 0 Å². The van der Waals surface area contributed by atoms with E-state index in [4.69, 9.17) is 9.97 Å². The van der Waals surface area contributed by atoms with Crippen LogP contribution in [0.15, 0.2) is 72.1 Å². The number of aryl methyl sites for hydroxylation is 1. The SMILES string of the molecule is Cc1cc(N2CCN(C)CC2)nc2ccc(NC(=O)c3cc(-c4cccs4)nc4ccccc34)cc12. The van der Waals surface area contributed by atoms with E-state index < -0.39 is 0 Å². The number of likely N-dealkylation sites (N-methyl/N-ethyl adjacent to an activating group) is 1. The van der Waals surface area contributed by atoms with Crippen molar-refractivity contribution in [2.75, 3.05) is 43.4 Å². The van der Waals surface area contributed by atoms with Crippen molar-refractivity contribution in [1.29, 1.82) is 0 Å². The van der Waals surface area contributed by atoms with E-state index in [0.717, 1.165) is 75.6 Å². The van der Waals surface area contributed by atoms with Crippen molar-refractivity contribution in [3.05, 3.63) is 83.2 Å². The van der Waals surface area contributed by atoms with Crippen molar-refractivity contribution in [1.82, 2.24) is 14.9 Å². The van der Waals surface area contributed by atoms with E-state index >= 15 is 0 Å². The number of amides is 1. The summed E-state index contributed by atoms with van der Waals surface area (Å²) in [5, 5.41) is 7.02. The van der Waals surface area contributed by atoms with Gasteiger partial charge in [0.05, 0.1) is 27.2 Å². The van der Waals surface area contributed by atoms with Gasteiger partial charge in [-0.2, -0.15) is 0 Å². The second kappa shape index (κ2) is 9.33. The van der Waals surface area contributed by atoms with Crippen LogP contribution in [0.4, 0.5) is 11.5 Å². The highest BCUT2D eigenvalue weighted by Gasteiger charge is 2.18. The molecule has 1 fully saturated rings. The smallest absolute Gasteiger partial charge is 0.256 e. The molecule has 1 amide bonds. The molecule has 0 radical (unpaired) electrons. The molecular formula is C29H27N5OS. The Morgan fingerprint density at radius 3 is 2.50 bits per heavy atom. The molecule has 6 rings (SSSR count). The first-order chi connectivity index (χ1) is 17.5. The fraction of sp³-hybridized carbons (Fsp3) is 0.207. The number of benzene rings is 2. The first kappa shape index (κ1) is 22.6. The topological polar surface area (TPSA) is 61.4 Å². The zero-order valence-electron chi connectivity index (χ0n) is 20.4. The van der Waals surface area contributed by atoms with Crippen LogP contribution in [0, 0.1) is 6.92 Å². The highest BCUT2D eigenvalue weighted by molar-refractivity contribution is 7.13. The van der Waals surface area contributed by atoms with Crippen LogP contribution < -0.4 is 10.2 Å². The monoisotopic (exact) mass is 493 g/mol. The predicted molar refractivity (Wildman–Crippen MR) is 149 cm³/mol. The minimum Gasteiger partial charge on any atom is -0.354 e. The van der Waals surface area contributed by atoms with Gasteiger partial charge in [0.1, 0.15) is 5.82 Å². The van der Waals surface area contributed by atoms with Gasteiger partial charge in [0.25, 0.3) is 5.91 Å². The molecular weight excluding hydrogens is 466 g/mol. The lowest BCUT2D eigenvalue weighted by atomic mass is 10.1. The Labute approximate surface area is 214 Å². The summed E-state index contributed by atoms with van der Waals surface area (Å²) in [7, 11) is 2.16. The number of hydrogen-bond acceptors (Lipinski definition) is 6. The summed E-state index contributed by atoms with van der Waals surface area (Å²) in [6.07, 6.45) is 0. The number of fused-ring (bicyclic) bond motifs is 2. The normalized spacial score (nSPS) is 14.4. The van der Waals surface area contributed by atoms with Crippen LogP contribution in [-0.4, -0.2) is 54.0 Å². The quantitative estimate of drug-likeness (QED) is 0.342. The highest BCUT2D eigenvalue weighted by Crippen LogP contribution is 2.30. The van der Waals surface area contributed by atoms with Gasteiger partial charge in [-0.15, -0.1) is 11.3 Å². The van der Waals surface area contributed by atoms with Gasteiger partial charge < -0.3 is 15.1 Å². The van der Waals surface area contributed by atoms with E-state index in [1.165, 1.54) is 0 Å². The summed E-state index contributed by atoms with van der Waals surface area (Å²) in [6.45, 7) is 6.16. The molecule has 180 valence electrons. The summed E-state index contributed by atoms with van der Waals surface area (Å²) < 4.78 is 0. The van der Waals surface area contributed by atoms with Crippen LogP contribution in [-0.2, 0) is 0 Å². The van der Waals surface area contributed by atoms with Gasteiger partial charge in [0, 0.05) is 42.6 Å². The molecule has 0 aliphatic carbocycles. The molecule has 0 atom stereocenters. The molecule has 6 nitrogen and oxygen atoms in total. The van der Waals surface area contributed by atoms with E-state index in [-0.39, 0.29) is 5.91 Å². The van der Waals surface area contributed by atoms with Crippen molar-refractivity contribution >= 4 is 50.6 Å². The van der Waals surface area contributed by atoms with Gasteiger partial charge in [-0.25, -0.2) is 9.97 Å². The largest absolute Gasteiger partial charge is 0.354 e. The fourth-order valence-corrected chi connectivity index (χ4v) is 5.45. The number of rotatable bonds is 4. The molecule has 36 heavy (non-hydrogen) atoms. The second-order valence-corrected chi connectivity index (χ2v) is 10.3. The third kappa shape index (κ3) is 4.32. The summed E-state index contributed by atoms with van der Waals surface area (Å²) in [5.41, 5.74) is 5.08. The van der Waals surface area contributed by atoms with Crippen molar-refractivity contribution in [3.8, 4) is 10.6 Å². The van der Waals surface area contributed by atoms with Gasteiger partial charge in [0.2, 0.25) is 0 Å². The number of para-hydroxylation sites is 1. The van der Waals surface area contributed by atoms with Crippen LogP contribution in [0.3, 0.4) is 0 Å². The number of carbonyl (C=O) groups excluding carboxylic acids is 1. The average molecular weight is 494 g/mol. The zero-order valence-corrected chi connectivity index (χ0v) is 21.2. The molecule has 3 aromatic heterocycles. The molecule has 4 heterocycles. The lowest BCUT2D eigenvalue weighted by molar-refractivity contribution is 0.102. The van der Waals surface area contributed by atoms with E-state index in [1.54, 1.807) is 11.3 Å². The lowest BCUT2D eigenvalue weighted by Gasteiger charge is -2.33. The molecule has 1 aliphatic heterocycles. The third-order valence-corrected chi connectivity index (χ3v) is 7.71. The number of thiophene rings is 1. The van der Waals surface area contributed by atoms with Crippen LogP contribution >= 0.6 is 11.3 Å². The molecule has 0 bridgehead atoms. The van der Waals surface area contributed by atoms with E-state index in [9.17, 15) is 4.79 Å². The maximum absolute atomic E-state index is 13.5. The molecule has 2 aromatic carbocycles. The minimum absolute atomic E-state index is 0.148. The number of pyridine rings is 2. The molecule has 7 heteroatoms. The van der Waals surface area contributed by atoms with Gasteiger partial charge >= 0.3 is 0 Å². The molecule has 1 N–H and O–H groups in total. The number of piperazine rings is 1. The zero-order chi connectivity index (χ0) is 24.6. The van der Waals surface area contributed by atoms with Crippen LogP contribution in [0.1, 0.15) is 15.9 Å². The molecule has 1 saturated heterocycles. The second-order valence-electron chi connectivity index (χ2n) is 9.32. The third-order valence-electron chi connectivity index (χ3n) is 6.82. The number of aromatic nitrogens is 2. The predicted octanol–water partition coefficient (Wildman–Crippen LogP) is 5.82. The van der Waals surface area contributed by atoms with Crippen LogP contribution in [0.25, 0.3) is 32.4 Å². The first-order valence-electron chi connectivity index (χ1n) is 12.1. The maximum Gasteiger partial charge on any atom is 0.256 e. The number of nitrogens with one attached hydrogen (secondary N) is 1. The molecule has 0 unspecified atom stereocenters. The number of carbonyl (C=O) groups is 1. The van der Waals surface area contributed by atoms with Crippen LogP contribution in [0.2, 0.25) is 0 Å². The van der Waals surface area contributed by atoms with Crippen molar-refractivity contribution in [3.63, 3.8) is 0 Å². The summed E-state index contributed by atoms with van der Waals surface area (Å²) in [6, 6.07) is 21.8. The fourth-order valence-electron chi connectivity index (χ4n) is 4.76. The van der Waals surface area contributed by atoms with Crippen molar-refractivity contribution < 1.29 is 4.79 Å². The summed E-state index contributed by atoms with van der Waals surface area (Å²) >= 11 is 1.62. The van der Waals surface area contributed by atoms with Gasteiger partial charge in [0.15, 0.2) is 0 Å². The number of anilines is 2. The van der Waals surface area contributed by atoms with E-state index in [0.29, 0.717) is 5.56 Å². The molecule has 0 saturated carbocycles. The minimum atomic E-state index is -0.148. The molecule has 5 aromatic rings. The Morgan fingerprint density at radius 2 is 1.69 bits per heavy atom. The van der Waals surface area contributed by atoms with Gasteiger partial charge in [-0.05, 0) is 67.4 Å². The molecule has 0 spiro atoms. The number of hydrogen-bond donors (Lipinski definition) is 1. The van der Waals surface area contributed by atoms with E-state index in [1.807, 2.05) is 66.0 Å².